The van der Waals surface area contributed by atoms with E-state index in [9.17, 15) is 4.79 Å². The summed E-state index contributed by atoms with van der Waals surface area (Å²) >= 11 is 0. The molecule has 1 amide bonds. The molecule has 0 radical (unpaired) electrons. The zero-order valence-corrected chi connectivity index (χ0v) is 12.1. The molecule has 21 heavy (non-hydrogen) atoms. The molecule has 0 fully saturated rings. The third-order valence-corrected chi connectivity index (χ3v) is 3.15. The van der Waals surface area contributed by atoms with Crippen molar-refractivity contribution >= 4 is 11.6 Å². The largest absolute Gasteiger partial charge is 0.469 e. The van der Waals surface area contributed by atoms with Crippen molar-refractivity contribution < 1.29 is 14.3 Å². The summed E-state index contributed by atoms with van der Waals surface area (Å²) in [6.07, 6.45) is 2.27. The lowest BCUT2D eigenvalue weighted by molar-refractivity contribution is 0.102. The normalized spacial score (nSPS) is 9.86. The van der Waals surface area contributed by atoms with E-state index in [4.69, 9.17) is 9.52 Å². The van der Waals surface area contributed by atoms with Crippen LogP contribution in [0.2, 0.25) is 0 Å². The molecule has 1 heterocycles. The molecule has 2 aromatic rings. The molecule has 2 N–H and O–H groups in total. The van der Waals surface area contributed by atoms with Crippen LogP contribution in [0.3, 0.4) is 0 Å². The second kappa shape index (κ2) is 6.78. The Kier molecular flexibility index (Phi) is 4.81. The van der Waals surface area contributed by atoms with Crippen molar-refractivity contribution in [1.29, 1.82) is 0 Å². The molecule has 0 spiro atoms. The van der Waals surface area contributed by atoms with Crippen molar-refractivity contribution in [3.63, 3.8) is 0 Å². The van der Waals surface area contributed by atoms with E-state index in [1.807, 2.05) is 25.1 Å². The fourth-order valence-electron chi connectivity index (χ4n) is 2.04. The molecule has 108 valence electrons. The number of benzene rings is 1. The number of furan rings is 1. The van der Waals surface area contributed by atoms with Gasteiger partial charge in [-0.3, -0.25) is 4.79 Å². The minimum absolute atomic E-state index is 0.167. The minimum Gasteiger partial charge on any atom is -0.469 e. The molecule has 0 aliphatic heterocycles. The molecular weight excluding hydrogens is 266 g/mol. The molecule has 0 aliphatic rings. The van der Waals surface area contributed by atoms with Gasteiger partial charge in [0.25, 0.3) is 5.91 Å². The summed E-state index contributed by atoms with van der Waals surface area (Å²) in [5.41, 5.74) is 3.10. The summed E-state index contributed by atoms with van der Waals surface area (Å²) in [6.45, 7) is 3.60. The Labute approximate surface area is 123 Å². The van der Waals surface area contributed by atoms with Gasteiger partial charge in [0.1, 0.15) is 12.4 Å². The Morgan fingerprint density at radius 3 is 2.81 bits per heavy atom. The van der Waals surface area contributed by atoms with E-state index in [2.05, 4.69) is 17.2 Å². The van der Waals surface area contributed by atoms with Crippen LogP contribution in [-0.2, 0) is 6.42 Å². The molecule has 0 aliphatic carbocycles. The predicted octanol–water partition coefficient (Wildman–Crippen LogP) is 2.75. The molecule has 0 bridgehead atoms. The monoisotopic (exact) mass is 283 g/mol. The second-order valence-corrected chi connectivity index (χ2v) is 4.53. The highest BCUT2D eigenvalue weighted by Crippen LogP contribution is 2.20. The number of nitrogens with one attached hydrogen (secondary N) is 1. The Bertz CT molecular complexity index is 704. The van der Waals surface area contributed by atoms with Gasteiger partial charge in [0.15, 0.2) is 0 Å². The summed E-state index contributed by atoms with van der Waals surface area (Å²) in [7, 11) is 0. The lowest BCUT2D eigenvalue weighted by atomic mass is 10.1. The maximum atomic E-state index is 12.2. The van der Waals surface area contributed by atoms with Gasteiger partial charge in [-0.2, -0.15) is 0 Å². The van der Waals surface area contributed by atoms with Crippen molar-refractivity contribution in [1.82, 2.24) is 0 Å². The van der Waals surface area contributed by atoms with E-state index in [1.54, 1.807) is 13.0 Å². The van der Waals surface area contributed by atoms with Crippen LogP contribution < -0.4 is 5.32 Å². The number of aryl methyl sites for hydroxylation is 2. The molecule has 4 nitrogen and oxygen atoms in total. The van der Waals surface area contributed by atoms with Crippen LogP contribution in [0, 0.1) is 18.8 Å². The van der Waals surface area contributed by atoms with Crippen LogP contribution in [0.4, 0.5) is 5.69 Å². The van der Waals surface area contributed by atoms with Crippen LogP contribution in [0.25, 0.3) is 0 Å². The summed E-state index contributed by atoms with van der Waals surface area (Å²) in [5, 5.41) is 11.6. The first kappa shape index (κ1) is 14.9. The summed E-state index contributed by atoms with van der Waals surface area (Å²) in [4.78, 5) is 12.2. The maximum Gasteiger partial charge on any atom is 0.259 e. The Hall–Kier alpha value is -2.51. The zero-order valence-electron chi connectivity index (χ0n) is 12.1. The number of hydrogen-bond donors (Lipinski definition) is 2. The fraction of sp³-hybridized carbons (Fsp3) is 0.235. The van der Waals surface area contributed by atoms with E-state index in [1.165, 1.54) is 6.26 Å². The van der Waals surface area contributed by atoms with Gasteiger partial charge in [-0.05, 0) is 43.2 Å². The molecule has 0 saturated heterocycles. The molecule has 2 rings (SSSR count). The smallest absolute Gasteiger partial charge is 0.259 e. The van der Waals surface area contributed by atoms with Gasteiger partial charge in [-0.1, -0.05) is 18.8 Å². The third-order valence-electron chi connectivity index (χ3n) is 3.15. The quantitative estimate of drug-likeness (QED) is 0.851. The van der Waals surface area contributed by atoms with Crippen LogP contribution in [0.15, 0.2) is 34.9 Å². The fourth-order valence-corrected chi connectivity index (χ4v) is 2.04. The van der Waals surface area contributed by atoms with Gasteiger partial charge in [0.2, 0.25) is 0 Å². The highest BCUT2D eigenvalue weighted by atomic mass is 16.3. The van der Waals surface area contributed by atoms with Crippen LogP contribution in [-0.4, -0.2) is 17.6 Å². The lowest BCUT2D eigenvalue weighted by Crippen LogP contribution is -2.13. The average Bonchev–Trinajstić information content (AvgIpc) is 2.92. The minimum atomic E-state index is -0.190. The Morgan fingerprint density at radius 2 is 2.19 bits per heavy atom. The molecule has 1 aromatic carbocycles. The van der Waals surface area contributed by atoms with E-state index in [-0.39, 0.29) is 12.5 Å². The van der Waals surface area contributed by atoms with Crippen molar-refractivity contribution in [2.45, 2.75) is 20.3 Å². The number of rotatable bonds is 3. The first-order valence-electron chi connectivity index (χ1n) is 6.73. The SMILES string of the molecule is CCc1cc(C#CCO)ccc1NC(=O)c1ccoc1C. The first-order chi connectivity index (χ1) is 10.2. The zero-order chi connectivity index (χ0) is 15.2. The summed E-state index contributed by atoms with van der Waals surface area (Å²) in [6, 6.07) is 7.21. The van der Waals surface area contributed by atoms with Gasteiger partial charge >= 0.3 is 0 Å². The summed E-state index contributed by atoms with van der Waals surface area (Å²) in [5.74, 6) is 5.87. The number of anilines is 1. The average molecular weight is 283 g/mol. The maximum absolute atomic E-state index is 12.2. The van der Waals surface area contributed by atoms with E-state index in [0.29, 0.717) is 11.3 Å². The van der Waals surface area contributed by atoms with Crippen molar-refractivity contribution in [2.75, 3.05) is 11.9 Å². The number of hydrogen-bond acceptors (Lipinski definition) is 3. The number of carbonyl (C=O) groups excluding carboxylic acids is 1. The first-order valence-corrected chi connectivity index (χ1v) is 6.73. The van der Waals surface area contributed by atoms with Gasteiger partial charge in [0, 0.05) is 11.3 Å². The Balaban J connectivity index is 2.24. The second-order valence-electron chi connectivity index (χ2n) is 4.53. The van der Waals surface area contributed by atoms with E-state index < -0.39 is 0 Å². The molecular formula is C17H17NO3. The topological polar surface area (TPSA) is 62.5 Å². The lowest BCUT2D eigenvalue weighted by Gasteiger charge is -2.10. The molecule has 4 heteroatoms. The third kappa shape index (κ3) is 3.53. The van der Waals surface area contributed by atoms with Crippen molar-refractivity contribution in [3.05, 3.63) is 53.0 Å². The molecule has 1 aromatic heterocycles. The highest BCUT2D eigenvalue weighted by Gasteiger charge is 2.13. The highest BCUT2D eigenvalue weighted by molar-refractivity contribution is 6.05. The van der Waals surface area contributed by atoms with E-state index in [0.717, 1.165) is 23.2 Å². The number of aliphatic hydroxyl groups excluding tert-OH is 1. The van der Waals surface area contributed by atoms with Gasteiger partial charge in [0.05, 0.1) is 11.8 Å². The molecule has 0 unspecified atom stereocenters. The predicted molar refractivity (Wildman–Crippen MR) is 81.2 cm³/mol. The van der Waals surface area contributed by atoms with Crippen LogP contribution >= 0.6 is 0 Å². The van der Waals surface area contributed by atoms with Gasteiger partial charge in [-0.25, -0.2) is 0 Å². The standard InChI is InChI=1S/C17H17NO3/c1-3-14-11-13(5-4-9-19)6-7-16(14)18-17(20)15-8-10-21-12(15)2/h6-8,10-11,19H,3,9H2,1-2H3,(H,18,20). The number of amides is 1. The molecule has 0 atom stereocenters. The van der Waals surface area contributed by atoms with E-state index >= 15 is 0 Å². The van der Waals surface area contributed by atoms with Crippen molar-refractivity contribution in [2.24, 2.45) is 0 Å². The summed E-state index contributed by atoms with van der Waals surface area (Å²) < 4.78 is 5.14. The molecule has 0 saturated carbocycles. The number of aliphatic hydroxyl groups is 1. The Morgan fingerprint density at radius 1 is 1.38 bits per heavy atom. The van der Waals surface area contributed by atoms with Crippen LogP contribution in [0.1, 0.15) is 34.2 Å². The van der Waals surface area contributed by atoms with Gasteiger partial charge < -0.3 is 14.8 Å². The van der Waals surface area contributed by atoms with Crippen LogP contribution in [0.5, 0.6) is 0 Å². The number of carbonyl (C=O) groups is 1. The van der Waals surface area contributed by atoms with Crippen molar-refractivity contribution in [3.8, 4) is 11.8 Å². The van der Waals surface area contributed by atoms with Gasteiger partial charge in [-0.15, -0.1) is 0 Å².